The van der Waals surface area contributed by atoms with Crippen molar-refractivity contribution in [2.45, 2.75) is 19.3 Å². The number of carbonyl (C=O) groups is 1. The van der Waals surface area contributed by atoms with Crippen molar-refractivity contribution >= 4 is 5.78 Å². The largest absolute Gasteiger partial charge is 0.493 e. The van der Waals surface area contributed by atoms with E-state index < -0.39 is 12.6 Å². The Labute approximate surface area is 186 Å². The zero-order valence-electron chi connectivity index (χ0n) is 18.2. The Hall–Kier alpha value is -3.61. The molecule has 1 unspecified atom stereocenters. The van der Waals surface area contributed by atoms with Crippen LogP contribution in [0.2, 0.25) is 0 Å². The number of oxazole rings is 1. The molecule has 0 bridgehead atoms. The Kier molecular flexibility index (Phi) is 8.02. The molecule has 32 heavy (non-hydrogen) atoms. The van der Waals surface area contributed by atoms with Gasteiger partial charge in [-0.1, -0.05) is 24.3 Å². The summed E-state index contributed by atoms with van der Waals surface area (Å²) in [7, 11) is 1.57. The molecule has 0 saturated carbocycles. The molecule has 2 aromatic carbocycles. The van der Waals surface area contributed by atoms with Gasteiger partial charge in [-0.2, -0.15) is 0 Å². The fourth-order valence-corrected chi connectivity index (χ4v) is 3.31. The number of benzene rings is 2. The number of alkyl halides is 1. The van der Waals surface area contributed by atoms with Crippen molar-refractivity contribution < 1.29 is 27.8 Å². The van der Waals surface area contributed by atoms with Gasteiger partial charge in [0, 0.05) is 11.1 Å². The first-order valence-corrected chi connectivity index (χ1v) is 10.2. The lowest BCUT2D eigenvalue weighted by Crippen LogP contribution is -2.13. The molecular formula is C25H26FNO5. The molecule has 0 amide bonds. The standard InChI is InChI=1S/C25H26FNO5/c1-4-5-13-30-23-15-18(10-11-22(23)29-3)25-27-20(16-32-25)24(17(2)28)19-8-6-7-9-21(19)31-14-12-26/h4,6-11,15-16,24H,1,5,12-14H2,2-3H3. The van der Waals surface area contributed by atoms with E-state index in [0.29, 0.717) is 53.0 Å². The van der Waals surface area contributed by atoms with Crippen LogP contribution in [0.5, 0.6) is 17.2 Å². The third-order valence-corrected chi connectivity index (χ3v) is 4.78. The summed E-state index contributed by atoms with van der Waals surface area (Å²) in [5.74, 6) is 1.08. The predicted molar refractivity (Wildman–Crippen MR) is 119 cm³/mol. The Morgan fingerprint density at radius 1 is 1.16 bits per heavy atom. The molecule has 0 fully saturated rings. The van der Waals surface area contributed by atoms with E-state index >= 15 is 0 Å². The maximum Gasteiger partial charge on any atom is 0.226 e. The number of aromatic nitrogens is 1. The minimum absolute atomic E-state index is 0.0911. The number of methoxy groups -OCH3 is 1. The number of carbonyl (C=O) groups excluding carboxylic acids is 1. The van der Waals surface area contributed by atoms with Gasteiger partial charge in [0.1, 0.15) is 31.1 Å². The average Bonchev–Trinajstić information content (AvgIpc) is 3.28. The fraction of sp³-hybridized carbons (Fsp3) is 0.280. The molecular weight excluding hydrogens is 413 g/mol. The lowest BCUT2D eigenvalue weighted by atomic mass is 9.92. The van der Waals surface area contributed by atoms with Crippen LogP contribution in [0.3, 0.4) is 0 Å². The predicted octanol–water partition coefficient (Wildman–Crippen LogP) is 5.37. The first-order valence-electron chi connectivity index (χ1n) is 10.2. The maximum atomic E-state index is 12.6. The van der Waals surface area contributed by atoms with Gasteiger partial charge in [0.25, 0.3) is 0 Å². The smallest absolute Gasteiger partial charge is 0.226 e. The molecule has 0 radical (unpaired) electrons. The summed E-state index contributed by atoms with van der Waals surface area (Å²) in [5, 5.41) is 0. The highest BCUT2D eigenvalue weighted by Crippen LogP contribution is 2.36. The molecule has 6 nitrogen and oxygen atoms in total. The van der Waals surface area contributed by atoms with Crippen molar-refractivity contribution in [2.24, 2.45) is 0 Å². The molecule has 0 saturated heterocycles. The summed E-state index contributed by atoms with van der Waals surface area (Å²) in [6, 6.07) is 12.4. The fourth-order valence-electron chi connectivity index (χ4n) is 3.31. The summed E-state index contributed by atoms with van der Waals surface area (Å²) < 4.78 is 35.0. The van der Waals surface area contributed by atoms with Crippen molar-refractivity contribution in [3.05, 3.63) is 72.6 Å². The lowest BCUT2D eigenvalue weighted by molar-refractivity contribution is -0.117. The number of ether oxygens (including phenoxy) is 3. The van der Waals surface area contributed by atoms with Crippen LogP contribution in [0.1, 0.15) is 30.5 Å². The number of nitrogens with zero attached hydrogens (tertiary/aromatic N) is 1. The molecule has 0 aliphatic heterocycles. The zero-order chi connectivity index (χ0) is 22.9. The van der Waals surface area contributed by atoms with Crippen LogP contribution < -0.4 is 14.2 Å². The van der Waals surface area contributed by atoms with Crippen LogP contribution in [-0.4, -0.2) is 37.8 Å². The van der Waals surface area contributed by atoms with Gasteiger partial charge in [0.2, 0.25) is 5.89 Å². The van der Waals surface area contributed by atoms with Crippen molar-refractivity contribution in [3.63, 3.8) is 0 Å². The summed E-state index contributed by atoms with van der Waals surface area (Å²) >= 11 is 0. The highest BCUT2D eigenvalue weighted by atomic mass is 19.1. The molecule has 1 aromatic heterocycles. The molecule has 168 valence electrons. The van der Waals surface area contributed by atoms with Crippen LogP contribution in [0.25, 0.3) is 11.5 Å². The van der Waals surface area contributed by atoms with Crippen molar-refractivity contribution in [1.29, 1.82) is 0 Å². The Morgan fingerprint density at radius 3 is 2.66 bits per heavy atom. The SMILES string of the molecule is C=CCCOc1cc(-c2nc(C(C(C)=O)c3ccccc3OCCF)co2)ccc1OC. The number of Topliss-reactive ketones (excluding diaryl/α,β-unsaturated/α-hetero) is 1. The average molecular weight is 439 g/mol. The minimum atomic E-state index is -0.704. The molecule has 3 rings (SSSR count). The topological polar surface area (TPSA) is 70.8 Å². The molecule has 0 N–H and O–H groups in total. The first kappa shape index (κ1) is 23.1. The van der Waals surface area contributed by atoms with E-state index in [1.807, 2.05) is 0 Å². The van der Waals surface area contributed by atoms with E-state index in [1.165, 1.54) is 13.2 Å². The van der Waals surface area contributed by atoms with E-state index in [0.717, 1.165) is 0 Å². The Bertz CT molecular complexity index is 1060. The second-order valence-corrected chi connectivity index (χ2v) is 6.99. The van der Waals surface area contributed by atoms with Crippen LogP contribution in [0.15, 0.2) is 65.8 Å². The summed E-state index contributed by atoms with van der Waals surface area (Å²) in [5.41, 5.74) is 1.72. The first-order chi connectivity index (χ1) is 15.6. The summed E-state index contributed by atoms with van der Waals surface area (Å²) in [6.07, 6.45) is 3.92. The van der Waals surface area contributed by atoms with E-state index in [1.54, 1.807) is 55.7 Å². The van der Waals surface area contributed by atoms with Crippen LogP contribution in [0.4, 0.5) is 4.39 Å². The minimum Gasteiger partial charge on any atom is -0.493 e. The van der Waals surface area contributed by atoms with Gasteiger partial charge in [0.05, 0.1) is 25.3 Å². The molecule has 1 heterocycles. The van der Waals surface area contributed by atoms with Crippen LogP contribution >= 0.6 is 0 Å². The van der Waals surface area contributed by atoms with E-state index in [9.17, 15) is 9.18 Å². The third kappa shape index (κ3) is 5.35. The second-order valence-electron chi connectivity index (χ2n) is 6.99. The van der Waals surface area contributed by atoms with Gasteiger partial charge in [-0.3, -0.25) is 4.79 Å². The highest BCUT2D eigenvalue weighted by molar-refractivity contribution is 5.87. The van der Waals surface area contributed by atoms with Crippen molar-refractivity contribution in [3.8, 4) is 28.7 Å². The molecule has 7 heteroatoms. The number of halogens is 1. The van der Waals surface area contributed by atoms with Gasteiger partial charge < -0.3 is 18.6 Å². The van der Waals surface area contributed by atoms with E-state index in [-0.39, 0.29) is 12.4 Å². The van der Waals surface area contributed by atoms with E-state index in [2.05, 4.69) is 11.6 Å². The second kappa shape index (κ2) is 11.1. The van der Waals surface area contributed by atoms with E-state index in [4.69, 9.17) is 18.6 Å². The number of ketones is 1. The molecule has 3 aromatic rings. The zero-order valence-corrected chi connectivity index (χ0v) is 18.2. The highest BCUT2D eigenvalue weighted by Gasteiger charge is 2.26. The Balaban J connectivity index is 1.94. The molecule has 1 atom stereocenters. The Morgan fingerprint density at radius 2 is 1.94 bits per heavy atom. The number of hydrogen-bond acceptors (Lipinski definition) is 6. The van der Waals surface area contributed by atoms with Crippen LogP contribution in [-0.2, 0) is 4.79 Å². The van der Waals surface area contributed by atoms with Gasteiger partial charge >= 0.3 is 0 Å². The summed E-state index contributed by atoms with van der Waals surface area (Å²) in [6.45, 7) is 4.91. The molecule has 0 aliphatic carbocycles. The van der Waals surface area contributed by atoms with Gasteiger partial charge in [-0.05, 0) is 37.6 Å². The third-order valence-electron chi connectivity index (χ3n) is 4.78. The molecule has 0 spiro atoms. The molecule has 0 aliphatic rings. The van der Waals surface area contributed by atoms with Gasteiger partial charge in [-0.25, -0.2) is 9.37 Å². The maximum absolute atomic E-state index is 12.6. The number of para-hydroxylation sites is 1. The van der Waals surface area contributed by atoms with Crippen LogP contribution in [0, 0.1) is 0 Å². The van der Waals surface area contributed by atoms with Gasteiger partial charge in [-0.15, -0.1) is 6.58 Å². The van der Waals surface area contributed by atoms with Gasteiger partial charge in [0.15, 0.2) is 11.5 Å². The summed E-state index contributed by atoms with van der Waals surface area (Å²) in [4.78, 5) is 17.1. The normalized spacial score (nSPS) is 11.6. The quantitative estimate of drug-likeness (QED) is 0.279. The number of hydrogen-bond donors (Lipinski definition) is 0. The lowest BCUT2D eigenvalue weighted by Gasteiger charge is -2.16. The monoisotopic (exact) mass is 439 g/mol. The van der Waals surface area contributed by atoms with Crippen molar-refractivity contribution in [1.82, 2.24) is 4.98 Å². The van der Waals surface area contributed by atoms with Crippen molar-refractivity contribution in [2.75, 3.05) is 27.0 Å². The number of rotatable bonds is 12.